The van der Waals surface area contributed by atoms with Crippen LogP contribution in [0.4, 0.5) is 0 Å². The quantitative estimate of drug-likeness (QED) is 0.798. The van der Waals surface area contributed by atoms with Crippen molar-refractivity contribution in [3.8, 4) is 0 Å². The number of ether oxygens (including phenoxy) is 1. The van der Waals surface area contributed by atoms with E-state index in [1.807, 2.05) is 24.3 Å². The van der Waals surface area contributed by atoms with Crippen molar-refractivity contribution >= 4 is 18.0 Å². The van der Waals surface area contributed by atoms with Crippen LogP contribution in [-0.4, -0.2) is 71.7 Å². The van der Waals surface area contributed by atoms with Gasteiger partial charge >= 0.3 is 5.97 Å². The zero-order valence-corrected chi connectivity index (χ0v) is 15.1. The summed E-state index contributed by atoms with van der Waals surface area (Å²) in [6.07, 6.45) is 6.98. The molecule has 0 spiro atoms. The Bertz CT molecular complexity index is 753. The van der Waals surface area contributed by atoms with Crippen LogP contribution in [0, 0.1) is 11.8 Å². The Labute approximate surface area is 158 Å². The predicted molar refractivity (Wildman–Crippen MR) is 101 cm³/mol. The molecule has 6 heteroatoms. The summed E-state index contributed by atoms with van der Waals surface area (Å²) in [4.78, 5) is 28.6. The topological polar surface area (TPSA) is 70.1 Å². The van der Waals surface area contributed by atoms with Gasteiger partial charge in [-0.3, -0.25) is 14.5 Å². The molecule has 4 unspecified atom stereocenters. The average molecular weight is 368 g/mol. The number of hydrogen-bond acceptors (Lipinski definition) is 4. The van der Waals surface area contributed by atoms with Gasteiger partial charge in [0.2, 0.25) is 5.91 Å². The van der Waals surface area contributed by atoms with Crippen LogP contribution in [0.3, 0.4) is 0 Å². The number of carboxylic acids is 1. The molecule has 3 heterocycles. The molecule has 4 atom stereocenters. The second kappa shape index (κ2) is 7.66. The molecule has 2 saturated heterocycles. The third-order valence-corrected chi connectivity index (χ3v) is 5.63. The van der Waals surface area contributed by atoms with E-state index in [0.29, 0.717) is 13.1 Å². The number of amides is 1. The summed E-state index contributed by atoms with van der Waals surface area (Å²) in [5.74, 6) is -2.39. The number of hydrogen-bond donors (Lipinski definition) is 1. The Balaban J connectivity index is 1.30. The molecule has 1 N–H and O–H groups in total. The fourth-order valence-corrected chi connectivity index (χ4v) is 4.16. The molecule has 0 aliphatic carbocycles. The van der Waals surface area contributed by atoms with Crippen LogP contribution in [0.2, 0.25) is 0 Å². The van der Waals surface area contributed by atoms with Gasteiger partial charge < -0.3 is 14.7 Å². The molecular weight excluding hydrogens is 344 g/mol. The largest absolute Gasteiger partial charge is 0.481 e. The van der Waals surface area contributed by atoms with Crippen molar-refractivity contribution in [3.05, 3.63) is 54.1 Å². The van der Waals surface area contributed by atoms with E-state index in [1.54, 1.807) is 11.0 Å². The minimum atomic E-state index is -0.949. The van der Waals surface area contributed by atoms with Crippen molar-refractivity contribution in [2.75, 3.05) is 32.7 Å². The summed E-state index contributed by atoms with van der Waals surface area (Å²) in [6.45, 7) is 3.68. The molecule has 1 aromatic rings. The van der Waals surface area contributed by atoms with E-state index < -0.39 is 30.0 Å². The summed E-state index contributed by atoms with van der Waals surface area (Å²) in [6, 6.07) is 10.2. The highest BCUT2D eigenvalue weighted by Crippen LogP contribution is 2.40. The third kappa shape index (κ3) is 3.68. The minimum absolute atomic E-state index is 0.0845. The number of fused-ring (bicyclic) bond motifs is 2. The number of piperazine rings is 1. The summed E-state index contributed by atoms with van der Waals surface area (Å²) in [5, 5.41) is 9.49. The molecule has 6 nitrogen and oxygen atoms in total. The predicted octanol–water partition coefficient (Wildman–Crippen LogP) is 1.50. The summed E-state index contributed by atoms with van der Waals surface area (Å²) in [5.41, 5.74) is 1.18. The van der Waals surface area contributed by atoms with Crippen LogP contribution in [0.1, 0.15) is 5.56 Å². The molecule has 0 saturated carbocycles. The van der Waals surface area contributed by atoms with Crippen molar-refractivity contribution in [2.24, 2.45) is 11.8 Å². The number of carboxylic acid groups (broad SMARTS) is 1. The maximum Gasteiger partial charge on any atom is 0.310 e. The van der Waals surface area contributed by atoms with Gasteiger partial charge in [-0.1, -0.05) is 54.6 Å². The zero-order valence-electron chi connectivity index (χ0n) is 15.1. The molecule has 27 heavy (non-hydrogen) atoms. The third-order valence-electron chi connectivity index (χ3n) is 5.63. The first-order valence-corrected chi connectivity index (χ1v) is 9.43. The van der Waals surface area contributed by atoms with E-state index in [-0.39, 0.29) is 5.91 Å². The second-order valence-corrected chi connectivity index (χ2v) is 7.28. The first-order chi connectivity index (χ1) is 13.1. The maximum absolute atomic E-state index is 12.9. The van der Waals surface area contributed by atoms with Gasteiger partial charge in [0, 0.05) is 32.7 Å². The Hall–Kier alpha value is -2.44. The first kappa shape index (κ1) is 17.9. The molecule has 3 aliphatic heterocycles. The van der Waals surface area contributed by atoms with Gasteiger partial charge in [-0.05, 0) is 5.56 Å². The number of carbonyl (C=O) groups is 2. The minimum Gasteiger partial charge on any atom is -0.481 e. The monoisotopic (exact) mass is 368 g/mol. The smallest absolute Gasteiger partial charge is 0.310 e. The Morgan fingerprint density at radius 3 is 2.37 bits per heavy atom. The van der Waals surface area contributed by atoms with Gasteiger partial charge in [-0.15, -0.1) is 0 Å². The van der Waals surface area contributed by atoms with Gasteiger partial charge in [-0.25, -0.2) is 0 Å². The molecule has 1 aromatic carbocycles. The summed E-state index contributed by atoms with van der Waals surface area (Å²) >= 11 is 0. The molecule has 0 radical (unpaired) electrons. The molecule has 2 fully saturated rings. The lowest BCUT2D eigenvalue weighted by Gasteiger charge is -2.36. The summed E-state index contributed by atoms with van der Waals surface area (Å²) < 4.78 is 5.63. The van der Waals surface area contributed by atoms with Crippen LogP contribution in [-0.2, 0) is 14.3 Å². The second-order valence-electron chi connectivity index (χ2n) is 7.28. The van der Waals surface area contributed by atoms with Crippen molar-refractivity contribution in [1.29, 1.82) is 0 Å². The average Bonchev–Trinajstić information content (AvgIpc) is 3.30. The van der Waals surface area contributed by atoms with E-state index in [2.05, 4.69) is 29.2 Å². The lowest BCUT2D eigenvalue weighted by molar-refractivity contribution is -0.150. The van der Waals surface area contributed by atoms with Crippen LogP contribution >= 0.6 is 0 Å². The number of rotatable bonds is 5. The van der Waals surface area contributed by atoms with Crippen LogP contribution in [0.15, 0.2) is 48.6 Å². The number of nitrogens with zero attached hydrogens (tertiary/aromatic N) is 2. The fourth-order valence-electron chi connectivity index (χ4n) is 4.16. The van der Waals surface area contributed by atoms with Gasteiger partial charge in [0.05, 0.1) is 18.1 Å². The molecule has 4 rings (SSSR count). The standard InChI is InChI=1S/C21H24N2O4/c24-20(18-16-8-9-17(27-16)19(18)21(25)26)23-13-11-22(12-14-23)10-4-7-15-5-2-1-3-6-15/h1-9,16-19H,10-14H2,(H,25,26)/b7-4+. The highest BCUT2D eigenvalue weighted by atomic mass is 16.5. The van der Waals surface area contributed by atoms with E-state index in [9.17, 15) is 14.7 Å². The van der Waals surface area contributed by atoms with Crippen molar-refractivity contribution < 1.29 is 19.4 Å². The molecule has 2 bridgehead atoms. The summed E-state index contributed by atoms with van der Waals surface area (Å²) in [7, 11) is 0. The fraction of sp³-hybridized carbons (Fsp3) is 0.429. The van der Waals surface area contributed by atoms with Crippen molar-refractivity contribution in [2.45, 2.75) is 12.2 Å². The number of benzene rings is 1. The first-order valence-electron chi connectivity index (χ1n) is 9.43. The normalized spacial score (nSPS) is 30.3. The van der Waals surface area contributed by atoms with Crippen molar-refractivity contribution in [3.63, 3.8) is 0 Å². The zero-order chi connectivity index (χ0) is 18.8. The Morgan fingerprint density at radius 1 is 1.04 bits per heavy atom. The molecule has 3 aliphatic rings. The van der Waals surface area contributed by atoms with Crippen LogP contribution in [0.25, 0.3) is 6.08 Å². The lowest BCUT2D eigenvalue weighted by atomic mass is 9.82. The lowest BCUT2D eigenvalue weighted by Crippen LogP contribution is -2.52. The van der Waals surface area contributed by atoms with Gasteiger partial charge in [-0.2, -0.15) is 0 Å². The molecule has 142 valence electrons. The van der Waals surface area contributed by atoms with E-state index in [0.717, 1.165) is 19.6 Å². The van der Waals surface area contributed by atoms with E-state index >= 15 is 0 Å². The van der Waals surface area contributed by atoms with Crippen molar-refractivity contribution in [1.82, 2.24) is 9.80 Å². The molecular formula is C21H24N2O4. The Kier molecular flexibility index (Phi) is 5.09. The highest BCUT2D eigenvalue weighted by Gasteiger charge is 2.54. The Morgan fingerprint density at radius 2 is 1.70 bits per heavy atom. The number of aliphatic carboxylic acids is 1. The van der Waals surface area contributed by atoms with E-state index in [4.69, 9.17) is 4.74 Å². The van der Waals surface area contributed by atoms with Gasteiger partial charge in [0.25, 0.3) is 0 Å². The SMILES string of the molecule is O=C(O)C1C2C=CC(O2)C1C(=O)N1CCN(C/C=C/c2ccccc2)CC1. The molecule has 0 aromatic heterocycles. The maximum atomic E-state index is 12.9. The van der Waals surface area contributed by atoms with Gasteiger partial charge in [0.15, 0.2) is 0 Å². The van der Waals surface area contributed by atoms with Gasteiger partial charge in [0.1, 0.15) is 5.92 Å². The molecule has 1 amide bonds. The highest BCUT2D eigenvalue weighted by molar-refractivity contribution is 5.87. The van der Waals surface area contributed by atoms with E-state index in [1.165, 1.54) is 5.56 Å². The van der Waals surface area contributed by atoms with Crippen LogP contribution in [0.5, 0.6) is 0 Å². The van der Waals surface area contributed by atoms with Crippen LogP contribution < -0.4 is 0 Å². The number of carbonyl (C=O) groups excluding carboxylic acids is 1.